The number of ether oxygens (including phenoxy) is 2. The van der Waals surface area contributed by atoms with Crippen molar-refractivity contribution in [3.63, 3.8) is 0 Å². The van der Waals surface area contributed by atoms with Crippen molar-refractivity contribution in [2.75, 3.05) is 19.8 Å². The van der Waals surface area contributed by atoms with Crippen molar-refractivity contribution in [2.45, 2.75) is 82.5 Å². The van der Waals surface area contributed by atoms with Gasteiger partial charge in [0, 0.05) is 37.1 Å². The van der Waals surface area contributed by atoms with E-state index in [1.54, 1.807) is 4.90 Å². The molecule has 3 fully saturated rings. The summed E-state index contributed by atoms with van der Waals surface area (Å²) in [4.78, 5) is 27.1. The van der Waals surface area contributed by atoms with E-state index in [1.165, 1.54) is 32.1 Å². The molecule has 7 nitrogen and oxygen atoms in total. The van der Waals surface area contributed by atoms with Gasteiger partial charge in [0.25, 0.3) is 5.91 Å². The second-order valence-electron chi connectivity index (χ2n) is 10.2. The topological polar surface area (TPSA) is 79.9 Å². The Morgan fingerprint density at radius 3 is 2.76 bits per heavy atom. The summed E-state index contributed by atoms with van der Waals surface area (Å²) < 4.78 is 12.0. The van der Waals surface area contributed by atoms with Gasteiger partial charge in [0.05, 0.1) is 0 Å². The summed E-state index contributed by atoms with van der Waals surface area (Å²) in [6, 6.07) is 5.71. The standard InChI is InChI=1S/C27H37N3O4/c1-18-6-9-24(26(31)29-18)30-17-20-16-21(7-8-22(20)27(30)32)34-25-5-3-2-4-23(25)28-13-10-19-11-14-33-15-12-19/h7-8,16,19,23-25,28H,1-6,9-15,17H2,(H,29,31)/t23-,24?,25+/m1/s1. The molecule has 184 valence electrons. The summed E-state index contributed by atoms with van der Waals surface area (Å²) >= 11 is 0. The molecule has 1 aromatic carbocycles. The number of hydrogen-bond acceptors (Lipinski definition) is 5. The zero-order valence-corrected chi connectivity index (χ0v) is 20.0. The van der Waals surface area contributed by atoms with Crippen molar-refractivity contribution >= 4 is 11.8 Å². The highest BCUT2D eigenvalue weighted by Gasteiger charge is 2.38. The molecule has 2 N–H and O–H groups in total. The minimum atomic E-state index is -0.433. The summed E-state index contributed by atoms with van der Waals surface area (Å²) in [5.74, 6) is 1.38. The summed E-state index contributed by atoms with van der Waals surface area (Å²) in [7, 11) is 0. The number of hydrogen-bond donors (Lipinski definition) is 2. The van der Waals surface area contributed by atoms with Crippen molar-refractivity contribution in [3.05, 3.63) is 41.6 Å². The number of fused-ring (bicyclic) bond motifs is 1. The number of carbonyl (C=O) groups is 2. The van der Waals surface area contributed by atoms with Crippen LogP contribution in [-0.4, -0.2) is 54.7 Å². The maximum atomic E-state index is 13.0. The Morgan fingerprint density at radius 2 is 1.94 bits per heavy atom. The van der Waals surface area contributed by atoms with Crippen LogP contribution in [0.4, 0.5) is 0 Å². The van der Waals surface area contributed by atoms with Crippen LogP contribution in [0.15, 0.2) is 30.5 Å². The largest absolute Gasteiger partial charge is 0.489 e. The van der Waals surface area contributed by atoms with E-state index in [-0.39, 0.29) is 17.9 Å². The maximum Gasteiger partial charge on any atom is 0.255 e. The normalized spacial score (nSPS) is 28.1. The van der Waals surface area contributed by atoms with Gasteiger partial charge in [0.1, 0.15) is 17.9 Å². The van der Waals surface area contributed by atoms with E-state index in [0.717, 1.165) is 55.5 Å². The SMILES string of the molecule is C=C1CCC(N2Cc3cc(O[C@H]4CCCC[C@H]4NCCC4CCOCC4)ccc3C2=O)C(=O)N1. The second kappa shape index (κ2) is 10.5. The van der Waals surface area contributed by atoms with E-state index in [2.05, 4.69) is 17.2 Å². The molecule has 5 rings (SSSR count). The molecule has 2 amide bonds. The van der Waals surface area contributed by atoms with Gasteiger partial charge < -0.3 is 25.0 Å². The molecule has 2 saturated heterocycles. The number of benzene rings is 1. The Bertz CT molecular complexity index is 926. The molecule has 3 aliphatic heterocycles. The van der Waals surface area contributed by atoms with Gasteiger partial charge in [-0.3, -0.25) is 9.59 Å². The maximum absolute atomic E-state index is 13.0. The van der Waals surface area contributed by atoms with Crippen LogP contribution in [0.5, 0.6) is 5.75 Å². The van der Waals surface area contributed by atoms with Gasteiger partial charge in [0.15, 0.2) is 0 Å². The molecule has 3 atom stereocenters. The predicted octanol–water partition coefficient (Wildman–Crippen LogP) is 3.53. The van der Waals surface area contributed by atoms with Crippen molar-refractivity contribution in [1.82, 2.24) is 15.5 Å². The molecule has 4 aliphatic rings. The average molecular weight is 468 g/mol. The van der Waals surface area contributed by atoms with Crippen LogP contribution in [0.3, 0.4) is 0 Å². The van der Waals surface area contributed by atoms with Crippen LogP contribution in [-0.2, 0) is 16.1 Å². The minimum Gasteiger partial charge on any atom is -0.489 e. The van der Waals surface area contributed by atoms with E-state index in [1.807, 2.05) is 18.2 Å². The Balaban J connectivity index is 1.19. The van der Waals surface area contributed by atoms with Crippen molar-refractivity contribution in [1.29, 1.82) is 0 Å². The van der Waals surface area contributed by atoms with Crippen LogP contribution < -0.4 is 15.4 Å². The summed E-state index contributed by atoms with van der Waals surface area (Å²) in [6.07, 6.45) is 9.62. The number of amides is 2. The molecule has 7 heteroatoms. The molecule has 0 bridgehead atoms. The number of allylic oxidation sites excluding steroid dienone is 1. The lowest BCUT2D eigenvalue weighted by atomic mass is 9.91. The number of nitrogens with one attached hydrogen (secondary N) is 2. The Morgan fingerprint density at radius 1 is 1.12 bits per heavy atom. The monoisotopic (exact) mass is 467 g/mol. The quantitative estimate of drug-likeness (QED) is 0.641. The lowest BCUT2D eigenvalue weighted by Crippen LogP contribution is -2.49. The third-order valence-electron chi connectivity index (χ3n) is 7.90. The molecule has 1 unspecified atom stereocenters. The lowest BCUT2D eigenvalue weighted by molar-refractivity contribution is -0.126. The summed E-state index contributed by atoms with van der Waals surface area (Å²) in [5.41, 5.74) is 2.35. The molecule has 1 saturated carbocycles. The van der Waals surface area contributed by atoms with E-state index in [4.69, 9.17) is 9.47 Å². The molecular formula is C27H37N3O4. The molecule has 0 aromatic heterocycles. The number of rotatable bonds is 7. The Kier molecular flexibility index (Phi) is 7.21. The Labute approximate surface area is 202 Å². The predicted molar refractivity (Wildman–Crippen MR) is 129 cm³/mol. The van der Waals surface area contributed by atoms with E-state index in [9.17, 15) is 9.59 Å². The van der Waals surface area contributed by atoms with Gasteiger partial charge in [-0.25, -0.2) is 0 Å². The first kappa shape index (κ1) is 23.4. The zero-order valence-electron chi connectivity index (χ0n) is 20.0. The van der Waals surface area contributed by atoms with Gasteiger partial charge in [-0.1, -0.05) is 13.0 Å². The van der Waals surface area contributed by atoms with E-state index >= 15 is 0 Å². The third kappa shape index (κ3) is 5.15. The minimum absolute atomic E-state index is 0.0699. The summed E-state index contributed by atoms with van der Waals surface area (Å²) in [5, 5.41) is 6.57. The number of piperidine rings is 1. The van der Waals surface area contributed by atoms with Crippen LogP contribution >= 0.6 is 0 Å². The smallest absolute Gasteiger partial charge is 0.255 e. The number of carbonyl (C=O) groups excluding carboxylic acids is 2. The van der Waals surface area contributed by atoms with Crippen molar-refractivity contribution in [2.24, 2.45) is 5.92 Å². The van der Waals surface area contributed by atoms with Crippen molar-refractivity contribution in [3.8, 4) is 5.75 Å². The van der Waals surface area contributed by atoms with Crippen LogP contribution in [0, 0.1) is 5.92 Å². The molecule has 0 spiro atoms. The van der Waals surface area contributed by atoms with E-state index < -0.39 is 6.04 Å². The molecule has 1 aliphatic carbocycles. The second-order valence-corrected chi connectivity index (χ2v) is 10.2. The van der Waals surface area contributed by atoms with Crippen LogP contribution in [0.25, 0.3) is 0 Å². The van der Waals surface area contributed by atoms with Crippen molar-refractivity contribution < 1.29 is 19.1 Å². The highest BCUT2D eigenvalue weighted by molar-refractivity contribution is 6.01. The fourth-order valence-electron chi connectivity index (χ4n) is 5.86. The van der Waals surface area contributed by atoms with Gasteiger partial charge >= 0.3 is 0 Å². The molecule has 0 radical (unpaired) electrons. The number of nitrogens with zero attached hydrogens (tertiary/aromatic N) is 1. The van der Waals surface area contributed by atoms with Gasteiger partial charge in [-0.05, 0) is 87.6 Å². The summed E-state index contributed by atoms with van der Waals surface area (Å²) in [6.45, 7) is 7.12. The zero-order chi connectivity index (χ0) is 23.5. The first-order chi connectivity index (χ1) is 16.6. The molecular weight excluding hydrogens is 430 g/mol. The third-order valence-corrected chi connectivity index (χ3v) is 7.90. The first-order valence-electron chi connectivity index (χ1n) is 13.0. The Hall–Kier alpha value is -2.38. The van der Waals surface area contributed by atoms with Gasteiger partial charge in [-0.2, -0.15) is 0 Å². The average Bonchev–Trinajstić information content (AvgIpc) is 3.16. The van der Waals surface area contributed by atoms with Gasteiger partial charge in [0.2, 0.25) is 5.91 Å². The fourth-order valence-corrected chi connectivity index (χ4v) is 5.86. The molecule has 34 heavy (non-hydrogen) atoms. The molecule has 3 heterocycles. The lowest BCUT2D eigenvalue weighted by Gasteiger charge is -2.33. The highest BCUT2D eigenvalue weighted by Crippen LogP contribution is 2.32. The van der Waals surface area contributed by atoms with Gasteiger partial charge in [-0.15, -0.1) is 0 Å². The van der Waals surface area contributed by atoms with E-state index in [0.29, 0.717) is 31.0 Å². The first-order valence-corrected chi connectivity index (χ1v) is 13.0. The highest BCUT2D eigenvalue weighted by atomic mass is 16.5. The van der Waals surface area contributed by atoms with Crippen LogP contribution in [0.1, 0.15) is 73.7 Å². The molecule has 1 aromatic rings. The fraction of sp³-hybridized carbons (Fsp3) is 0.630. The van der Waals surface area contributed by atoms with Crippen LogP contribution in [0.2, 0.25) is 0 Å².